The highest BCUT2D eigenvalue weighted by atomic mass is 32.1. The molecule has 1 rings (SSSR count). The van der Waals surface area contributed by atoms with Gasteiger partial charge in [-0.15, -0.1) is 11.3 Å². The number of thiazole rings is 1. The number of rotatable bonds is 4. The lowest BCUT2D eigenvalue weighted by Crippen LogP contribution is -2.12. The summed E-state index contributed by atoms with van der Waals surface area (Å²) in [5, 5.41) is 3.08. The maximum absolute atomic E-state index is 5.86. The first-order chi connectivity index (χ1) is 5.74. The molecule has 0 radical (unpaired) electrons. The average Bonchev–Trinajstić information content (AvgIpc) is 2.47. The molecule has 0 bridgehead atoms. The van der Waals surface area contributed by atoms with Crippen molar-refractivity contribution in [3.05, 3.63) is 16.1 Å². The number of nitrogens with zero attached hydrogens (tertiary/aromatic N) is 1. The molecule has 0 saturated carbocycles. The first-order valence-electron chi connectivity index (χ1n) is 3.90. The van der Waals surface area contributed by atoms with Crippen molar-refractivity contribution >= 4 is 11.3 Å². The van der Waals surface area contributed by atoms with Crippen LogP contribution in [0.5, 0.6) is 0 Å². The maximum atomic E-state index is 5.86. The van der Waals surface area contributed by atoms with Gasteiger partial charge in [0, 0.05) is 19.1 Å². The minimum absolute atomic E-state index is 0.0231. The number of aryl methyl sites for hydroxylation is 1. The van der Waals surface area contributed by atoms with E-state index in [1.54, 1.807) is 18.4 Å². The molecule has 0 spiro atoms. The molecule has 1 unspecified atom stereocenters. The van der Waals surface area contributed by atoms with E-state index in [-0.39, 0.29) is 6.04 Å². The van der Waals surface area contributed by atoms with Gasteiger partial charge in [0.2, 0.25) is 0 Å². The van der Waals surface area contributed by atoms with Crippen LogP contribution in [-0.4, -0.2) is 18.7 Å². The summed E-state index contributed by atoms with van der Waals surface area (Å²) in [6.07, 6.45) is 0.833. The summed E-state index contributed by atoms with van der Waals surface area (Å²) in [5.74, 6) is 0. The van der Waals surface area contributed by atoms with Gasteiger partial charge >= 0.3 is 0 Å². The monoisotopic (exact) mass is 186 g/mol. The van der Waals surface area contributed by atoms with Crippen molar-refractivity contribution in [3.63, 3.8) is 0 Å². The number of hydrogen-bond donors (Lipinski definition) is 1. The quantitative estimate of drug-likeness (QED) is 0.775. The first kappa shape index (κ1) is 9.64. The Morgan fingerprint density at radius 2 is 2.50 bits per heavy atom. The van der Waals surface area contributed by atoms with Gasteiger partial charge in [0.1, 0.15) is 0 Å². The van der Waals surface area contributed by atoms with Crippen LogP contribution in [0.1, 0.15) is 23.2 Å². The van der Waals surface area contributed by atoms with Crippen LogP contribution in [0.25, 0.3) is 0 Å². The molecular formula is C8H14N2OS. The zero-order chi connectivity index (χ0) is 8.97. The van der Waals surface area contributed by atoms with Crippen LogP contribution >= 0.6 is 11.3 Å². The third-order valence-corrected chi connectivity index (χ3v) is 2.44. The van der Waals surface area contributed by atoms with Crippen molar-refractivity contribution in [2.75, 3.05) is 13.7 Å². The summed E-state index contributed by atoms with van der Waals surface area (Å²) in [5.41, 5.74) is 6.84. The Morgan fingerprint density at radius 1 is 1.75 bits per heavy atom. The second-order valence-electron chi connectivity index (χ2n) is 2.68. The standard InChI is InChI=1S/C8H14N2OS/c1-6-10-8(5-12-6)7(9)3-4-11-2/h5,7H,3-4,9H2,1-2H3. The fourth-order valence-corrected chi connectivity index (χ4v) is 1.62. The second kappa shape index (κ2) is 4.54. The molecule has 1 heterocycles. The van der Waals surface area contributed by atoms with E-state index < -0.39 is 0 Å². The van der Waals surface area contributed by atoms with Crippen LogP contribution in [0, 0.1) is 6.92 Å². The van der Waals surface area contributed by atoms with Gasteiger partial charge < -0.3 is 10.5 Å². The van der Waals surface area contributed by atoms with Crippen LogP contribution in [0.3, 0.4) is 0 Å². The fraction of sp³-hybridized carbons (Fsp3) is 0.625. The second-order valence-corrected chi connectivity index (χ2v) is 3.74. The average molecular weight is 186 g/mol. The van der Waals surface area contributed by atoms with Gasteiger partial charge in [-0.3, -0.25) is 0 Å². The highest BCUT2D eigenvalue weighted by Crippen LogP contribution is 2.16. The van der Waals surface area contributed by atoms with Crippen LogP contribution in [-0.2, 0) is 4.74 Å². The van der Waals surface area contributed by atoms with Gasteiger partial charge in [-0.1, -0.05) is 0 Å². The maximum Gasteiger partial charge on any atom is 0.0898 e. The van der Waals surface area contributed by atoms with Gasteiger partial charge in [0.05, 0.1) is 16.7 Å². The largest absolute Gasteiger partial charge is 0.385 e. The number of ether oxygens (including phenoxy) is 1. The molecule has 0 aliphatic heterocycles. The van der Waals surface area contributed by atoms with Crippen molar-refractivity contribution in [2.45, 2.75) is 19.4 Å². The summed E-state index contributed by atoms with van der Waals surface area (Å²) < 4.78 is 4.94. The molecule has 0 aliphatic rings. The summed E-state index contributed by atoms with van der Waals surface area (Å²) in [4.78, 5) is 4.30. The van der Waals surface area contributed by atoms with E-state index in [0.717, 1.165) is 17.1 Å². The van der Waals surface area contributed by atoms with E-state index in [4.69, 9.17) is 10.5 Å². The molecule has 1 aromatic heterocycles. The number of methoxy groups -OCH3 is 1. The van der Waals surface area contributed by atoms with E-state index in [1.807, 2.05) is 12.3 Å². The lowest BCUT2D eigenvalue weighted by atomic mass is 10.2. The SMILES string of the molecule is COCCC(N)c1csc(C)n1. The van der Waals surface area contributed by atoms with Crippen molar-refractivity contribution in [1.29, 1.82) is 0 Å². The molecule has 68 valence electrons. The Morgan fingerprint density at radius 3 is 3.00 bits per heavy atom. The van der Waals surface area contributed by atoms with Crippen molar-refractivity contribution < 1.29 is 4.74 Å². The zero-order valence-corrected chi connectivity index (χ0v) is 8.23. The van der Waals surface area contributed by atoms with Gasteiger partial charge in [-0.25, -0.2) is 4.98 Å². The molecule has 2 N–H and O–H groups in total. The van der Waals surface area contributed by atoms with Gasteiger partial charge in [-0.05, 0) is 13.3 Å². The van der Waals surface area contributed by atoms with E-state index in [0.29, 0.717) is 6.61 Å². The van der Waals surface area contributed by atoms with Crippen molar-refractivity contribution in [3.8, 4) is 0 Å². The summed E-state index contributed by atoms with van der Waals surface area (Å²) >= 11 is 1.63. The van der Waals surface area contributed by atoms with E-state index in [9.17, 15) is 0 Å². The van der Waals surface area contributed by atoms with Gasteiger partial charge in [0.15, 0.2) is 0 Å². The van der Waals surface area contributed by atoms with Crippen molar-refractivity contribution in [2.24, 2.45) is 5.73 Å². The topological polar surface area (TPSA) is 48.1 Å². The number of nitrogens with two attached hydrogens (primary N) is 1. The van der Waals surface area contributed by atoms with Crippen LogP contribution in [0.15, 0.2) is 5.38 Å². The third-order valence-electron chi connectivity index (χ3n) is 1.65. The predicted molar refractivity (Wildman–Crippen MR) is 50.3 cm³/mol. The molecule has 1 aromatic rings. The van der Waals surface area contributed by atoms with Crippen LogP contribution in [0.2, 0.25) is 0 Å². The Labute approximate surface area is 76.6 Å². The van der Waals surface area contributed by atoms with Gasteiger partial charge in [-0.2, -0.15) is 0 Å². The molecule has 0 aliphatic carbocycles. The summed E-state index contributed by atoms with van der Waals surface area (Å²) in [6.45, 7) is 2.68. The van der Waals surface area contributed by atoms with E-state index in [1.165, 1.54) is 0 Å². The fourth-order valence-electron chi connectivity index (χ4n) is 0.943. The molecular weight excluding hydrogens is 172 g/mol. The van der Waals surface area contributed by atoms with Crippen LogP contribution < -0.4 is 5.73 Å². The van der Waals surface area contributed by atoms with E-state index >= 15 is 0 Å². The first-order valence-corrected chi connectivity index (χ1v) is 4.78. The highest BCUT2D eigenvalue weighted by molar-refractivity contribution is 7.09. The Hall–Kier alpha value is -0.450. The smallest absolute Gasteiger partial charge is 0.0898 e. The molecule has 3 nitrogen and oxygen atoms in total. The molecule has 0 amide bonds. The zero-order valence-electron chi connectivity index (χ0n) is 7.41. The molecule has 12 heavy (non-hydrogen) atoms. The molecule has 1 atom stereocenters. The van der Waals surface area contributed by atoms with Crippen molar-refractivity contribution in [1.82, 2.24) is 4.98 Å². The Bertz CT molecular complexity index is 237. The van der Waals surface area contributed by atoms with Crippen LogP contribution in [0.4, 0.5) is 0 Å². The normalized spacial score (nSPS) is 13.2. The molecule has 0 saturated heterocycles. The lowest BCUT2D eigenvalue weighted by Gasteiger charge is -2.06. The lowest BCUT2D eigenvalue weighted by molar-refractivity contribution is 0.188. The number of aromatic nitrogens is 1. The highest BCUT2D eigenvalue weighted by Gasteiger charge is 2.08. The minimum Gasteiger partial charge on any atom is -0.385 e. The molecule has 0 aromatic carbocycles. The Balaban J connectivity index is 2.47. The summed E-state index contributed by atoms with van der Waals surface area (Å²) in [6, 6.07) is 0.0231. The van der Waals surface area contributed by atoms with Gasteiger partial charge in [0.25, 0.3) is 0 Å². The third kappa shape index (κ3) is 2.55. The molecule has 0 fully saturated rings. The number of hydrogen-bond acceptors (Lipinski definition) is 4. The minimum atomic E-state index is 0.0231. The predicted octanol–water partition coefficient (Wildman–Crippen LogP) is 1.49. The summed E-state index contributed by atoms with van der Waals surface area (Å²) in [7, 11) is 1.68. The Kier molecular flexibility index (Phi) is 3.65. The molecule has 4 heteroatoms. The van der Waals surface area contributed by atoms with E-state index in [2.05, 4.69) is 4.98 Å².